The minimum absolute atomic E-state index is 0.675. The van der Waals surface area contributed by atoms with E-state index >= 15 is 0 Å². The number of benzene rings is 4. The van der Waals surface area contributed by atoms with Crippen molar-refractivity contribution in [1.29, 1.82) is 10.5 Å². The molecule has 0 aliphatic rings. The van der Waals surface area contributed by atoms with Crippen molar-refractivity contribution in [3.05, 3.63) is 145 Å². The summed E-state index contributed by atoms with van der Waals surface area (Å²) in [6.07, 6.45) is 0. The van der Waals surface area contributed by atoms with Crippen molar-refractivity contribution in [3.8, 4) is 74.8 Å². The highest BCUT2D eigenvalue weighted by Crippen LogP contribution is 2.43. The maximum atomic E-state index is 9.04. The number of nitrogens with zero attached hydrogens (tertiary/aromatic N) is 2. The van der Waals surface area contributed by atoms with Crippen LogP contribution >= 0.6 is 34.0 Å². The molecule has 43 heavy (non-hydrogen) atoms. The molecule has 0 saturated carbocycles. The third-order valence-corrected chi connectivity index (χ3v) is 11.1. The Bertz CT molecular complexity index is 1960. The molecular weight excluding hydrogens is 581 g/mol. The predicted molar refractivity (Wildman–Crippen MR) is 182 cm³/mol. The summed E-state index contributed by atoms with van der Waals surface area (Å²) < 4.78 is 0. The number of hydrogen-bond donors (Lipinski definition) is 0. The highest BCUT2D eigenvalue weighted by atomic mass is 32.1. The third kappa shape index (κ3) is 5.58. The smallest absolute Gasteiger partial charge is 0.0991 e. The van der Waals surface area contributed by atoms with Gasteiger partial charge in [-0.1, -0.05) is 72.8 Å². The Morgan fingerprint density at radius 1 is 0.279 bits per heavy atom. The van der Waals surface area contributed by atoms with E-state index in [1.165, 1.54) is 40.4 Å². The van der Waals surface area contributed by atoms with Gasteiger partial charge in [-0.15, -0.1) is 34.0 Å². The number of hydrogen-bond acceptors (Lipinski definition) is 5. The molecule has 202 valence electrons. The Balaban J connectivity index is 1.05. The van der Waals surface area contributed by atoms with Crippen LogP contribution in [-0.4, -0.2) is 0 Å². The maximum Gasteiger partial charge on any atom is 0.0991 e. The lowest BCUT2D eigenvalue weighted by atomic mass is 10.0. The van der Waals surface area contributed by atoms with Crippen molar-refractivity contribution in [1.82, 2.24) is 0 Å². The van der Waals surface area contributed by atoms with Crippen LogP contribution in [0.25, 0.3) is 62.6 Å². The van der Waals surface area contributed by atoms with Crippen molar-refractivity contribution in [2.24, 2.45) is 0 Å². The molecule has 3 heterocycles. The van der Waals surface area contributed by atoms with Gasteiger partial charge in [-0.25, -0.2) is 0 Å². The molecule has 5 heteroatoms. The molecule has 0 N–H and O–H groups in total. The maximum absolute atomic E-state index is 9.04. The molecule has 0 amide bonds. The molecule has 0 unspecified atom stereocenters. The lowest BCUT2D eigenvalue weighted by Gasteiger charge is -2.03. The standard InChI is InChI=1S/C38H22N2S3/c39-23-25-1-5-27(6-2-25)29-9-13-31(14-10-29)33-17-19-35(41-33)37-21-22-38(43-37)36-20-18-34(42-36)32-15-11-30(12-16-32)28-7-3-26(24-40)4-8-28/h1-22H. The Morgan fingerprint density at radius 2 is 0.512 bits per heavy atom. The molecule has 0 atom stereocenters. The molecule has 0 radical (unpaired) electrons. The molecule has 0 bridgehead atoms. The average Bonchev–Trinajstić information content (AvgIpc) is 3.86. The summed E-state index contributed by atoms with van der Waals surface area (Å²) in [6.45, 7) is 0. The zero-order valence-corrected chi connectivity index (χ0v) is 25.3. The van der Waals surface area contributed by atoms with E-state index in [2.05, 4.69) is 97.1 Å². The summed E-state index contributed by atoms with van der Waals surface area (Å²) >= 11 is 5.48. The van der Waals surface area contributed by atoms with Crippen molar-refractivity contribution in [2.45, 2.75) is 0 Å². The van der Waals surface area contributed by atoms with Gasteiger partial charge in [0.1, 0.15) is 0 Å². The van der Waals surface area contributed by atoms with Crippen LogP contribution in [0.3, 0.4) is 0 Å². The summed E-state index contributed by atoms with van der Waals surface area (Å²) in [5.74, 6) is 0. The van der Waals surface area contributed by atoms with Crippen molar-refractivity contribution in [2.75, 3.05) is 0 Å². The van der Waals surface area contributed by atoms with Crippen LogP contribution in [0.5, 0.6) is 0 Å². The van der Waals surface area contributed by atoms with Gasteiger partial charge in [-0.05, 0) is 94.0 Å². The number of thiophene rings is 3. The largest absolute Gasteiger partial charge is 0.192 e. The number of nitriles is 2. The second-order valence-electron chi connectivity index (χ2n) is 10.0. The van der Waals surface area contributed by atoms with Gasteiger partial charge in [-0.2, -0.15) is 10.5 Å². The highest BCUT2D eigenvalue weighted by molar-refractivity contribution is 7.27. The van der Waals surface area contributed by atoms with Gasteiger partial charge >= 0.3 is 0 Å². The molecule has 2 nitrogen and oxygen atoms in total. The van der Waals surface area contributed by atoms with E-state index in [1.54, 1.807) is 0 Å². The summed E-state index contributed by atoms with van der Waals surface area (Å²) in [7, 11) is 0. The van der Waals surface area contributed by atoms with Crippen LogP contribution in [-0.2, 0) is 0 Å². The van der Waals surface area contributed by atoms with Crippen LogP contribution in [0, 0.1) is 22.7 Å². The molecule has 3 aromatic heterocycles. The molecule has 0 aliphatic carbocycles. The lowest BCUT2D eigenvalue weighted by Crippen LogP contribution is -1.79. The van der Waals surface area contributed by atoms with Gasteiger partial charge in [-0.3, -0.25) is 0 Å². The van der Waals surface area contributed by atoms with E-state index in [0.29, 0.717) is 11.1 Å². The Morgan fingerprint density at radius 3 is 0.814 bits per heavy atom. The van der Waals surface area contributed by atoms with E-state index in [4.69, 9.17) is 10.5 Å². The molecular formula is C38H22N2S3. The molecule has 0 fully saturated rings. The topological polar surface area (TPSA) is 47.6 Å². The van der Waals surface area contributed by atoms with E-state index in [9.17, 15) is 0 Å². The van der Waals surface area contributed by atoms with Crippen LogP contribution < -0.4 is 0 Å². The summed E-state index contributed by atoms with van der Waals surface area (Å²) in [5, 5.41) is 18.1. The summed E-state index contributed by atoms with van der Waals surface area (Å²) in [5.41, 5.74) is 8.28. The normalized spacial score (nSPS) is 10.7. The minimum Gasteiger partial charge on any atom is -0.192 e. The first-order valence-electron chi connectivity index (χ1n) is 13.7. The fourth-order valence-corrected chi connectivity index (χ4v) is 8.19. The molecule has 7 rings (SSSR count). The molecule has 0 saturated heterocycles. The number of rotatable bonds is 6. The van der Waals surface area contributed by atoms with Crippen molar-refractivity contribution >= 4 is 34.0 Å². The van der Waals surface area contributed by atoms with E-state index in [0.717, 1.165) is 22.3 Å². The third-order valence-electron chi connectivity index (χ3n) is 7.34. The van der Waals surface area contributed by atoms with E-state index in [-0.39, 0.29) is 0 Å². The fraction of sp³-hybridized carbons (Fsp3) is 0. The van der Waals surface area contributed by atoms with Crippen molar-refractivity contribution < 1.29 is 0 Å². The molecule has 0 spiro atoms. The lowest BCUT2D eigenvalue weighted by molar-refractivity contribution is 1.48. The first kappa shape index (κ1) is 26.8. The minimum atomic E-state index is 0.675. The second kappa shape index (κ2) is 11.7. The van der Waals surface area contributed by atoms with Crippen LogP contribution in [0.2, 0.25) is 0 Å². The second-order valence-corrected chi connectivity index (χ2v) is 13.3. The average molecular weight is 603 g/mol. The monoisotopic (exact) mass is 602 g/mol. The van der Waals surface area contributed by atoms with Crippen LogP contribution in [0.4, 0.5) is 0 Å². The first-order valence-corrected chi connectivity index (χ1v) is 16.1. The van der Waals surface area contributed by atoms with Crippen LogP contribution in [0.1, 0.15) is 11.1 Å². The van der Waals surface area contributed by atoms with Crippen molar-refractivity contribution in [3.63, 3.8) is 0 Å². The van der Waals surface area contributed by atoms with Gasteiger partial charge in [0, 0.05) is 29.3 Å². The SMILES string of the molecule is N#Cc1ccc(-c2ccc(-c3ccc(-c4ccc(-c5ccc(-c6ccc(-c7ccc(C#N)cc7)cc6)s5)s4)s3)cc2)cc1. The van der Waals surface area contributed by atoms with Crippen LogP contribution in [0.15, 0.2) is 133 Å². The quantitative estimate of drug-likeness (QED) is 0.190. The van der Waals surface area contributed by atoms with Gasteiger partial charge in [0.25, 0.3) is 0 Å². The summed E-state index contributed by atoms with van der Waals surface area (Å²) in [4.78, 5) is 7.61. The Labute approximate surface area is 262 Å². The fourth-order valence-electron chi connectivity index (χ4n) is 4.98. The predicted octanol–water partition coefficient (Wildman–Crippen LogP) is 11.6. The van der Waals surface area contributed by atoms with E-state index in [1.807, 2.05) is 82.5 Å². The van der Waals surface area contributed by atoms with Gasteiger partial charge in [0.05, 0.1) is 23.3 Å². The zero-order chi connectivity index (χ0) is 29.2. The molecule has 7 aromatic rings. The summed E-state index contributed by atoms with van der Waals surface area (Å²) in [6, 6.07) is 50.4. The first-order chi connectivity index (χ1) is 21.2. The molecule has 4 aromatic carbocycles. The Kier molecular flexibility index (Phi) is 7.29. The molecule has 0 aliphatic heterocycles. The van der Waals surface area contributed by atoms with Gasteiger partial charge in [0.2, 0.25) is 0 Å². The zero-order valence-electron chi connectivity index (χ0n) is 22.8. The Hall–Kier alpha value is -5.04. The highest BCUT2D eigenvalue weighted by Gasteiger charge is 2.12. The van der Waals surface area contributed by atoms with E-state index < -0.39 is 0 Å². The van der Waals surface area contributed by atoms with Gasteiger partial charge < -0.3 is 0 Å². The van der Waals surface area contributed by atoms with Gasteiger partial charge in [0.15, 0.2) is 0 Å².